The Morgan fingerprint density at radius 2 is 1.68 bits per heavy atom. The third kappa shape index (κ3) is 9.16. The van der Waals surface area contributed by atoms with Crippen LogP contribution in [0.5, 0.6) is 0 Å². The second kappa shape index (κ2) is 10.0. The highest BCUT2D eigenvalue weighted by atomic mass is 32.2. The lowest BCUT2D eigenvalue weighted by molar-refractivity contribution is 0.345. The monoisotopic (exact) mass is 394 g/mol. The van der Waals surface area contributed by atoms with Crippen LogP contribution in [0.15, 0.2) is 47.1 Å². The summed E-state index contributed by atoms with van der Waals surface area (Å²) in [6, 6.07) is 10.9. The van der Waals surface area contributed by atoms with Gasteiger partial charge in [-0.2, -0.15) is 0 Å². The average Bonchev–Trinajstić information content (AvgIpc) is 2.51. The van der Waals surface area contributed by atoms with Crippen molar-refractivity contribution in [2.45, 2.75) is 82.2 Å². The molecule has 0 amide bonds. The molecule has 0 radical (unpaired) electrons. The van der Waals surface area contributed by atoms with E-state index in [2.05, 4.69) is 101 Å². The summed E-state index contributed by atoms with van der Waals surface area (Å²) in [7, 11) is -2.76. The van der Waals surface area contributed by atoms with Gasteiger partial charge in [0.15, 0.2) is 0 Å². The van der Waals surface area contributed by atoms with Crippen molar-refractivity contribution in [2.24, 2.45) is 5.92 Å². The normalized spacial score (nSPS) is 15.8. The van der Waals surface area contributed by atoms with Gasteiger partial charge in [0.25, 0.3) is 0 Å². The van der Waals surface area contributed by atoms with Crippen molar-refractivity contribution in [3.05, 3.63) is 42.2 Å². The third-order valence-electron chi connectivity index (χ3n) is 4.28. The third-order valence-corrected chi connectivity index (χ3v) is 10.9. The molecule has 1 nitrogen and oxygen atoms in total. The van der Waals surface area contributed by atoms with Gasteiger partial charge in [-0.1, -0.05) is 51.7 Å². The van der Waals surface area contributed by atoms with E-state index in [1.807, 2.05) is 0 Å². The van der Waals surface area contributed by atoms with E-state index in [4.69, 9.17) is 4.43 Å². The SMILES string of the molecule is CCC(C)/C(=C/CCC(Sc1ccccc1)[Si](C)(C)C)O[Si](C)(C)C. The van der Waals surface area contributed by atoms with E-state index in [9.17, 15) is 0 Å². The van der Waals surface area contributed by atoms with Crippen LogP contribution in [0.3, 0.4) is 0 Å². The zero-order valence-corrected chi connectivity index (χ0v) is 20.4. The van der Waals surface area contributed by atoms with Gasteiger partial charge >= 0.3 is 0 Å². The summed E-state index contributed by atoms with van der Waals surface area (Å²) in [6.45, 7) is 18.9. The van der Waals surface area contributed by atoms with Crippen LogP contribution in [-0.2, 0) is 4.43 Å². The second-order valence-corrected chi connectivity index (χ2v) is 20.5. The Kier molecular flexibility index (Phi) is 9.06. The van der Waals surface area contributed by atoms with Crippen LogP contribution in [0.1, 0.15) is 33.1 Å². The number of rotatable bonds is 10. The zero-order valence-electron chi connectivity index (χ0n) is 17.6. The number of benzene rings is 1. The van der Waals surface area contributed by atoms with Gasteiger partial charge in [-0.25, -0.2) is 0 Å². The predicted octanol–water partition coefficient (Wildman–Crippen LogP) is 7.59. The minimum atomic E-state index is -1.54. The van der Waals surface area contributed by atoms with E-state index in [1.54, 1.807) is 0 Å². The molecular formula is C21H38OSSi2. The minimum Gasteiger partial charge on any atom is -0.547 e. The molecule has 1 rings (SSSR count). The van der Waals surface area contributed by atoms with Gasteiger partial charge in [0.05, 0.1) is 13.8 Å². The lowest BCUT2D eigenvalue weighted by atomic mass is 10.1. The van der Waals surface area contributed by atoms with Crippen LogP contribution < -0.4 is 0 Å². The molecule has 0 aromatic heterocycles. The van der Waals surface area contributed by atoms with Crippen LogP contribution in [0, 0.1) is 5.92 Å². The molecule has 1 aromatic rings. The number of allylic oxidation sites excluding steroid dienone is 2. The summed E-state index contributed by atoms with van der Waals surface area (Å²) < 4.78 is 6.38. The van der Waals surface area contributed by atoms with Crippen molar-refractivity contribution < 1.29 is 4.43 Å². The molecule has 142 valence electrons. The van der Waals surface area contributed by atoms with Crippen LogP contribution >= 0.6 is 11.8 Å². The van der Waals surface area contributed by atoms with Gasteiger partial charge < -0.3 is 4.43 Å². The summed E-state index contributed by atoms with van der Waals surface area (Å²) in [5.41, 5.74) is 0. The number of hydrogen-bond donors (Lipinski definition) is 0. The maximum atomic E-state index is 6.38. The van der Waals surface area contributed by atoms with Crippen molar-refractivity contribution in [3.63, 3.8) is 0 Å². The first-order chi connectivity index (χ1) is 11.5. The van der Waals surface area contributed by atoms with Crippen molar-refractivity contribution in [1.82, 2.24) is 0 Å². The molecule has 2 atom stereocenters. The van der Waals surface area contributed by atoms with Crippen molar-refractivity contribution >= 4 is 28.2 Å². The fraction of sp³-hybridized carbons (Fsp3) is 0.619. The van der Waals surface area contributed by atoms with E-state index in [-0.39, 0.29) is 0 Å². The van der Waals surface area contributed by atoms with Crippen LogP contribution in [0.25, 0.3) is 0 Å². The summed E-state index contributed by atoms with van der Waals surface area (Å²) in [5.74, 6) is 1.76. The number of thioether (sulfide) groups is 1. The Morgan fingerprint density at radius 3 is 2.16 bits per heavy atom. The minimum absolute atomic E-state index is 0.527. The van der Waals surface area contributed by atoms with Gasteiger partial charge in [0, 0.05) is 15.7 Å². The highest BCUT2D eigenvalue weighted by Gasteiger charge is 2.27. The van der Waals surface area contributed by atoms with Gasteiger partial charge in [-0.3, -0.25) is 0 Å². The fourth-order valence-electron chi connectivity index (χ4n) is 2.61. The quantitative estimate of drug-likeness (QED) is 0.230. The van der Waals surface area contributed by atoms with Gasteiger partial charge in [-0.15, -0.1) is 11.8 Å². The lowest BCUT2D eigenvalue weighted by Gasteiger charge is -2.29. The Balaban J connectivity index is 2.79. The molecule has 4 heteroatoms. The molecule has 0 aliphatic heterocycles. The van der Waals surface area contributed by atoms with Crippen molar-refractivity contribution in [2.75, 3.05) is 0 Å². The standard InChI is InChI=1S/C21H38OSSi2/c1-9-18(2)20(22-25(6,7)8)16-13-17-21(24(3,4)5)23-19-14-11-10-12-15-19/h10-12,14-16,18,21H,9,13,17H2,1-8H3/b20-16-. The average molecular weight is 395 g/mol. The van der Waals surface area contributed by atoms with Crippen LogP contribution in [0.2, 0.25) is 39.3 Å². The lowest BCUT2D eigenvalue weighted by Crippen LogP contribution is -2.35. The molecular weight excluding hydrogens is 356 g/mol. The van der Waals surface area contributed by atoms with E-state index >= 15 is 0 Å². The second-order valence-electron chi connectivity index (χ2n) is 8.99. The highest BCUT2D eigenvalue weighted by molar-refractivity contribution is 8.01. The molecule has 0 spiro atoms. The Bertz CT molecular complexity index is 529. The van der Waals surface area contributed by atoms with E-state index < -0.39 is 16.4 Å². The molecule has 0 bridgehead atoms. The molecule has 0 fully saturated rings. The first-order valence-corrected chi connectivity index (χ1v) is 17.5. The topological polar surface area (TPSA) is 9.23 Å². The Morgan fingerprint density at radius 1 is 1.08 bits per heavy atom. The highest BCUT2D eigenvalue weighted by Crippen LogP contribution is 2.33. The van der Waals surface area contributed by atoms with E-state index in [0.717, 1.165) is 17.7 Å². The van der Waals surface area contributed by atoms with Gasteiger partial charge in [0.2, 0.25) is 8.32 Å². The number of hydrogen-bond acceptors (Lipinski definition) is 2. The first-order valence-electron chi connectivity index (χ1n) is 9.63. The smallest absolute Gasteiger partial charge is 0.241 e. The molecule has 0 aliphatic rings. The molecule has 0 heterocycles. The largest absolute Gasteiger partial charge is 0.547 e. The van der Waals surface area contributed by atoms with Gasteiger partial charge in [-0.05, 0) is 57.1 Å². The molecule has 0 aliphatic carbocycles. The molecule has 2 unspecified atom stereocenters. The Labute approximate surface area is 162 Å². The Hall–Kier alpha value is -0.456. The summed E-state index contributed by atoms with van der Waals surface area (Å²) in [6.07, 6.45) is 5.90. The molecule has 25 heavy (non-hydrogen) atoms. The van der Waals surface area contributed by atoms with Crippen molar-refractivity contribution in [3.8, 4) is 0 Å². The fourth-order valence-corrected chi connectivity index (χ4v) is 7.35. The summed E-state index contributed by atoms with van der Waals surface area (Å²) in [5, 5.41) is 0. The summed E-state index contributed by atoms with van der Waals surface area (Å²) >= 11 is 2.07. The van der Waals surface area contributed by atoms with Gasteiger partial charge in [0.1, 0.15) is 0 Å². The van der Waals surface area contributed by atoms with E-state index in [0.29, 0.717) is 5.92 Å². The maximum Gasteiger partial charge on any atom is 0.241 e. The molecule has 0 saturated carbocycles. The first kappa shape index (κ1) is 22.6. The van der Waals surface area contributed by atoms with Crippen molar-refractivity contribution in [1.29, 1.82) is 0 Å². The summed E-state index contributed by atoms with van der Waals surface area (Å²) in [4.78, 5) is 2.13. The van der Waals surface area contributed by atoms with Crippen LogP contribution in [-0.4, -0.2) is 21.3 Å². The predicted molar refractivity (Wildman–Crippen MR) is 121 cm³/mol. The molecule has 0 saturated heterocycles. The van der Waals surface area contributed by atoms with Crippen LogP contribution in [0.4, 0.5) is 0 Å². The van der Waals surface area contributed by atoms with E-state index in [1.165, 1.54) is 17.1 Å². The zero-order chi connectivity index (χ0) is 19.1. The maximum absolute atomic E-state index is 6.38. The molecule has 0 N–H and O–H groups in total. The molecule has 1 aromatic carbocycles.